The third-order valence-corrected chi connectivity index (χ3v) is 5.31. The van der Waals surface area contributed by atoms with Crippen molar-refractivity contribution in [2.24, 2.45) is 0 Å². The molecule has 3 aromatic rings. The average molecular weight is 331 g/mol. The fraction of sp³-hybridized carbons (Fsp3) is 0.286. The fourth-order valence-electron chi connectivity index (χ4n) is 4.10. The molecule has 4 heterocycles. The van der Waals surface area contributed by atoms with Crippen molar-refractivity contribution in [1.82, 2.24) is 14.3 Å². The zero-order valence-electron chi connectivity index (χ0n) is 14.1. The van der Waals surface area contributed by atoms with Crippen LogP contribution < -0.4 is 0 Å². The van der Waals surface area contributed by atoms with Crippen molar-refractivity contribution in [2.45, 2.75) is 25.0 Å². The Morgan fingerprint density at radius 3 is 2.84 bits per heavy atom. The molecule has 1 aromatic carbocycles. The number of ether oxygens (including phenoxy) is 1. The first-order valence-electron chi connectivity index (χ1n) is 8.89. The van der Waals surface area contributed by atoms with E-state index < -0.39 is 0 Å². The number of fused-ring (bicyclic) bond motifs is 3. The van der Waals surface area contributed by atoms with E-state index in [9.17, 15) is 0 Å². The maximum Gasteiger partial charge on any atom is 0.137 e. The van der Waals surface area contributed by atoms with Crippen molar-refractivity contribution in [3.8, 4) is 0 Å². The van der Waals surface area contributed by atoms with Gasteiger partial charge >= 0.3 is 0 Å². The van der Waals surface area contributed by atoms with E-state index in [-0.39, 0.29) is 0 Å². The zero-order chi connectivity index (χ0) is 16.6. The third-order valence-electron chi connectivity index (χ3n) is 5.31. The van der Waals surface area contributed by atoms with Crippen molar-refractivity contribution in [1.29, 1.82) is 0 Å². The summed E-state index contributed by atoms with van der Waals surface area (Å²) in [6.07, 6.45) is 7.33. The molecule has 0 amide bonds. The normalized spacial score (nSPS) is 23.6. The summed E-state index contributed by atoms with van der Waals surface area (Å²) >= 11 is 0. The molecule has 2 atom stereocenters. The monoisotopic (exact) mass is 331 g/mol. The summed E-state index contributed by atoms with van der Waals surface area (Å²) in [5.74, 6) is 0. The molecule has 2 unspecified atom stereocenters. The van der Waals surface area contributed by atoms with Crippen LogP contribution in [0.4, 0.5) is 0 Å². The molecular formula is C21H21N3O. The van der Waals surface area contributed by atoms with Crippen molar-refractivity contribution in [3.05, 3.63) is 78.3 Å². The Bertz CT molecular complexity index is 915. The van der Waals surface area contributed by atoms with Crippen LogP contribution in [0.2, 0.25) is 0 Å². The zero-order valence-corrected chi connectivity index (χ0v) is 14.1. The van der Waals surface area contributed by atoms with Gasteiger partial charge in [0.1, 0.15) is 5.65 Å². The molecule has 126 valence electrons. The van der Waals surface area contributed by atoms with Gasteiger partial charge in [0.15, 0.2) is 0 Å². The van der Waals surface area contributed by atoms with Gasteiger partial charge in [-0.3, -0.25) is 4.90 Å². The van der Waals surface area contributed by atoms with Crippen LogP contribution in [-0.4, -0.2) is 39.6 Å². The third kappa shape index (κ3) is 2.68. The van der Waals surface area contributed by atoms with E-state index in [1.54, 1.807) is 0 Å². The van der Waals surface area contributed by atoms with Crippen LogP contribution in [0.1, 0.15) is 17.7 Å². The van der Waals surface area contributed by atoms with Crippen LogP contribution in [0, 0.1) is 0 Å². The summed E-state index contributed by atoms with van der Waals surface area (Å²) in [6, 6.07) is 17.8. The summed E-state index contributed by atoms with van der Waals surface area (Å²) in [5, 5.41) is 0. The lowest BCUT2D eigenvalue weighted by Crippen LogP contribution is -2.53. The first-order valence-corrected chi connectivity index (χ1v) is 8.89. The number of benzene rings is 1. The Hall–Kier alpha value is -2.43. The van der Waals surface area contributed by atoms with E-state index in [1.807, 2.05) is 12.4 Å². The Kier molecular flexibility index (Phi) is 3.65. The van der Waals surface area contributed by atoms with Crippen LogP contribution in [0.15, 0.2) is 67.0 Å². The van der Waals surface area contributed by atoms with Crippen molar-refractivity contribution < 1.29 is 4.74 Å². The van der Waals surface area contributed by atoms with Crippen LogP contribution >= 0.6 is 0 Å². The minimum Gasteiger partial charge on any atom is -0.378 e. The molecule has 0 radical (unpaired) electrons. The molecule has 4 nitrogen and oxygen atoms in total. The van der Waals surface area contributed by atoms with E-state index in [4.69, 9.17) is 4.74 Å². The second-order valence-electron chi connectivity index (χ2n) is 6.88. The summed E-state index contributed by atoms with van der Waals surface area (Å²) in [7, 11) is 0. The fourth-order valence-corrected chi connectivity index (χ4v) is 4.10. The van der Waals surface area contributed by atoms with E-state index in [0.29, 0.717) is 12.1 Å². The van der Waals surface area contributed by atoms with Gasteiger partial charge in [-0.05, 0) is 29.7 Å². The number of rotatable bonds is 3. The number of hydrogen-bond donors (Lipinski definition) is 0. The highest BCUT2D eigenvalue weighted by Gasteiger charge is 2.35. The van der Waals surface area contributed by atoms with Gasteiger partial charge in [0.2, 0.25) is 0 Å². The lowest BCUT2D eigenvalue weighted by Gasteiger charge is -2.44. The lowest BCUT2D eigenvalue weighted by atomic mass is 9.91. The maximum absolute atomic E-state index is 5.86. The molecule has 0 saturated carbocycles. The Labute approximate surface area is 147 Å². The standard InChI is InChI=1S/C21H21N3O/c1-2-5-16(6-3-1)13-24-18-11-17(12-19(24)15-25-14-18)20-7-4-8-21-22-9-10-23(20)21/h1-11,18-19H,12-15H2. The lowest BCUT2D eigenvalue weighted by molar-refractivity contribution is -0.0403. The average Bonchev–Trinajstić information content (AvgIpc) is 3.11. The minimum absolute atomic E-state index is 0.335. The second kappa shape index (κ2) is 6.14. The highest BCUT2D eigenvalue weighted by molar-refractivity contribution is 5.67. The maximum atomic E-state index is 5.86. The number of morpholine rings is 1. The number of hydrogen-bond acceptors (Lipinski definition) is 3. The van der Waals surface area contributed by atoms with Crippen molar-refractivity contribution in [3.63, 3.8) is 0 Å². The van der Waals surface area contributed by atoms with Gasteiger partial charge in [-0.15, -0.1) is 0 Å². The molecule has 2 aromatic heterocycles. The Balaban J connectivity index is 1.49. The van der Waals surface area contributed by atoms with Crippen LogP contribution in [-0.2, 0) is 11.3 Å². The Morgan fingerprint density at radius 1 is 1.04 bits per heavy atom. The summed E-state index contributed by atoms with van der Waals surface area (Å²) in [6.45, 7) is 2.56. The molecule has 2 bridgehead atoms. The van der Waals surface area contributed by atoms with Gasteiger partial charge in [-0.2, -0.15) is 0 Å². The molecule has 1 saturated heterocycles. The topological polar surface area (TPSA) is 29.8 Å². The second-order valence-corrected chi connectivity index (χ2v) is 6.88. The molecule has 0 aliphatic carbocycles. The largest absolute Gasteiger partial charge is 0.378 e. The van der Waals surface area contributed by atoms with Crippen LogP contribution in [0.3, 0.4) is 0 Å². The van der Waals surface area contributed by atoms with Crippen molar-refractivity contribution >= 4 is 11.2 Å². The first kappa shape index (κ1) is 14.9. The molecule has 0 spiro atoms. The van der Waals surface area contributed by atoms with E-state index in [2.05, 4.69) is 68.9 Å². The predicted octanol–water partition coefficient (Wildman–Crippen LogP) is 3.39. The highest BCUT2D eigenvalue weighted by Crippen LogP contribution is 2.33. The number of nitrogens with zero attached hydrogens (tertiary/aromatic N) is 3. The van der Waals surface area contributed by atoms with Gasteiger partial charge < -0.3 is 9.14 Å². The molecule has 2 aliphatic rings. The van der Waals surface area contributed by atoms with Gasteiger partial charge in [0.25, 0.3) is 0 Å². The number of aromatic nitrogens is 2. The van der Waals surface area contributed by atoms with Gasteiger partial charge in [-0.25, -0.2) is 4.98 Å². The highest BCUT2D eigenvalue weighted by atomic mass is 16.5. The number of imidazole rings is 1. The molecule has 1 fully saturated rings. The van der Waals surface area contributed by atoms with Gasteiger partial charge in [-0.1, -0.05) is 42.5 Å². The summed E-state index contributed by atoms with van der Waals surface area (Å²) < 4.78 is 8.05. The summed E-state index contributed by atoms with van der Waals surface area (Å²) in [5.41, 5.74) is 5.04. The Morgan fingerprint density at radius 2 is 1.96 bits per heavy atom. The molecule has 4 heteroatoms. The van der Waals surface area contributed by atoms with Gasteiger partial charge in [0, 0.05) is 25.0 Å². The predicted molar refractivity (Wildman–Crippen MR) is 98.2 cm³/mol. The first-order chi connectivity index (χ1) is 12.4. The molecular weight excluding hydrogens is 310 g/mol. The van der Waals surface area contributed by atoms with Crippen molar-refractivity contribution in [2.75, 3.05) is 13.2 Å². The smallest absolute Gasteiger partial charge is 0.137 e. The molecule has 25 heavy (non-hydrogen) atoms. The molecule has 2 aliphatic heterocycles. The molecule has 5 rings (SSSR count). The minimum atomic E-state index is 0.335. The van der Waals surface area contributed by atoms with Crippen LogP contribution in [0.5, 0.6) is 0 Å². The quantitative estimate of drug-likeness (QED) is 0.737. The van der Waals surface area contributed by atoms with Gasteiger partial charge in [0.05, 0.1) is 24.9 Å². The summed E-state index contributed by atoms with van der Waals surface area (Å²) in [4.78, 5) is 7.01. The van der Waals surface area contributed by atoms with Crippen LogP contribution in [0.25, 0.3) is 11.2 Å². The SMILES string of the molecule is C1=C(c2cccc3nccn23)CC2COCC1N2Cc1ccccc1. The van der Waals surface area contributed by atoms with E-state index in [0.717, 1.165) is 31.8 Å². The van der Waals surface area contributed by atoms with E-state index >= 15 is 0 Å². The number of pyridine rings is 1. The van der Waals surface area contributed by atoms with E-state index in [1.165, 1.54) is 16.8 Å². The molecule has 0 N–H and O–H groups in total.